The average molecular weight is 329 g/mol. The zero-order valence-electron chi connectivity index (χ0n) is 14.9. The fourth-order valence-corrected chi connectivity index (χ4v) is 3.42. The summed E-state index contributed by atoms with van der Waals surface area (Å²) >= 11 is 0. The van der Waals surface area contributed by atoms with Gasteiger partial charge in [0.1, 0.15) is 17.3 Å². The number of nitrogens with zero attached hydrogens (tertiary/aromatic N) is 3. The second-order valence-corrected chi connectivity index (χ2v) is 6.57. The highest BCUT2D eigenvalue weighted by Crippen LogP contribution is 2.26. The quantitative estimate of drug-likeness (QED) is 0.816. The third kappa shape index (κ3) is 4.09. The van der Waals surface area contributed by atoms with Crippen molar-refractivity contribution in [2.45, 2.75) is 32.9 Å². The van der Waals surface area contributed by atoms with Gasteiger partial charge >= 0.3 is 0 Å². The highest BCUT2D eigenvalue weighted by Gasteiger charge is 2.20. The van der Waals surface area contributed by atoms with Crippen LogP contribution in [0.1, 0.15) is 24.2 Å². The summed E-state index contributed by atoms with van der Waals surface area (Å²) in [5.74, 6) is 3.57. The minimum Gasteiger partial charge on any atom is -0.497 e. The number of aryl methyl sites for hydroxylation is 1. The van der Waals surface area contributed by atoms with Gasteiger partial charge in [-0.15, -0.1) is 0 Å². The third-order valence-electron chi connectivity index (χ3n) is 4.90. The number of likely N-dealkylation sites (tertiary alicyclic amines) is 1. The van der Waals surface area contributed by atoms with Crippen molar-refractivity contribution in [3.63, 3.8) is 0 Å². The molecule has 2 heterocycles. The Labute approximate surface area is 144 Å². The minimum absolute atomic E-state index is 0.744. The van der Waals surface area contributed by atoms with Crippen LogP contribution in [0.4, 0.5) is 0 Å². The normalized spacial score (nSPS) is 16.3. The van der Waals surface area contributed by atoms with Crippen LogP contribution in [0, 0.1) is 12.8 Å². The van der Waals surface area contributed by atoms with E-state index in [1.165, 1.54) is 18.4 Å². The van der Waals surface area contributed by atoms with Gasteiger partial charge in [0.05, 0.1) is 14.2 Å². The van der Waals surface area contributed by atoms with E-state index in [-0.39, 0.29) is 0 Å². The van der Waals surface area contributed by atoms with Crippen molar-refractivity contribution in [3.05, 3.63) is 42.0 Å². The molecule has 5 nitrogen and oxygen atoms in total. The molecule has 5 heteroatoms. The molecule has 0 amide bonds. The molecule has 0 bridgehead atoms. The summed E-state index contributed by atoms with van der Waals surface area (Å²) in [4.78, 5) is 6.83. The molecule has 1 aromatic carbocycles. The van der Waals surface area contributed by atoms with Crippen LogP contribution in [0.15, 0.2) is 30.6 Å². The Kier molecular flexibility index (Phi) is 5.41. The predicted octanol–water partition coefficient (Wildman–Crippen LogP) is 3.12. The van der Waals surface area contributed by atoms with E-state index in [0.717, 1.165) is 49.4 Å². The van der Waals surface area contributed by atoms with Gasteiger partial charge in [0, 0.05) is 31.5 Å². The van der Waals surface area contributed by atoms with E-state index in [1.807, 2.05) is 12.3 Å². The first kappa shape index (κ1) is 16.8. The highest BCUT2D eigenvalue weighted by molar-refractivity contribution is 5.38. The summed E-state index contributed by atoms with van der Waals surface area (Å²) in [6.07, 6.45) is 6.45. The predicted molar refractivity (Wildman–Crippen MR) is 94.5 cm³/mol. The molecular formula is C19H27N3O2. The first-order valence-corrected chi connectivity index (χ1v) is 8.60. The smallest absolute Gasteiger partial charge is 0.122 e. The summed E-state index contributed by atoms with van der Waals surface area (Å²) in [6, 6.07) is 6.12. The van der Waals surface area contributed by atoms with Crippen molar-refractivity contribution in [1.29, 1.82) is 0 Å². The summed E-state index contributed by atoms with van der Waals surface area (Å²) in [5.41, 5.74) is 1.25. The van der Waals surface area contributed by atoms with Gasteiger partial charge in [0.2, 0.25) is 0 Å². The molecule has 0 spiro atoms. The Morgan fingerprint density at radius 1 is 1.08 bits per heavy atom. The van der Waals surface area contributed by atoms with Gasteiger partial charge in [-0.05, 0) is 56.5 Å². The molecule has 2 aromatic rings. The molecule has 0 aliphatic carbocycles. The number of hydrogen-bond acceptors (Lipinski definition) is 4. The van der Waals surface area contributed by atoms with Crippen LogP contribution >= 0.6 is 0 Å². The fourth-order valence-electron chi connectivity index (χ4n) is 3.42. The number of hydrogen-bond donors (Lipinski definition) is 0. The number of methoxy groups -OCH3 is 2. The molecule has 130 valence electrons. The molecule has 1 aliphatic rings. The Morgan fingerprint density at radius 3 is 2.29 bits per heavy atom. The molecule has 1 aliphatic heterocycles. The Bertz CT molecular complexity index is 638. The lowest BCUT2D eigenvalue weighted by Gasteiger charge is -2.32. The molecule has 0 atom stereocenters. The third-order valence-corrected chi connectivity index (χ3v) is 4.90. The lowest BCUT2D eigenvalue weighted by Crippen LogP contribution is -2.34. The van der Waals surface area contributed by atoms with E-state index in [9.17, 15) is 0 Å². The van der Waals surface area contributed by atoms with Crippen LogP contribution in [0.25, 0.3) is 0 Å². The summed E-state index contributed by atoms with van der Waals surface area (Å²) < 4.78 is 13.0. The second-order valence-electron chi connectivity index (χ2n) is 6.57. The maximum Gasteiger partial charge on any atom is 0.122 e. The van der Waals surface area contributed by atoms with E-state index in [2.05, 4.69) is 39.7 Å². The number of piperidine rings is 1. The Balaban J connectivity index is 1.54. The van der Waals surface area contributed by atoms with Crippen LogP contribution in [0.3, 0.4) is 0 Å². The number of imidazole rings is 1. The fraction of sp³-hybridized carbons (Fsp3) is 0.526. The van der Waals surface area contributed by atoms with Gasteiger partial charge in [0.15, 0.2) is 0 Å². The van der Waals surface area contributed by atoms with Gasteiger partial charge in [-0.25, -0.2) is 4.98 Å². The molecular weight excluding hydrogens is 302 g/mol. The number of benzene rings is 1. The van der Waals surface area contributed by atoms with Crippen molar-refractivity contribution in [1.82, 2.24) is 14.5 Å². The first-order valence-electron chi connectivity index (χ1n) is 8.60. The van der Waals surface area contributed by atoms with Gasteiger partial charge < -0.3 is 14.0 Å². The van der Waals surface area contributed by atoms with Gasteiger partial charge in [0.25, 0.3) is 0 Å². The number of aromatic nitrogens is 2. The van der Waals surface area contributed by atoms with Crippen molar-refractivity contribution >= 4 is 0 Å². The van der Waals surface area contributed by atoms with Crippen molar-refractivity contribution in [2.75, 3.05) is 27.3 Å². The Hall–Kier alpha value is -2.01. The molecule has 1 fully saturated rings. The zero-order valence-corrected chi connectivity index (χ0v) is 14.9. The van der Waals surface area contributed by atoms with Crippen molar-refractivity contribution < 1.29 is 9.47 Å². The minimum atomic E-state index is 0.744. The lowest BCUT2D eigenvalue weighted by molar-refractivity contribution is 0.166. The molecule has 1 aromatic heterocycles. The standard InChI is InChI=1S/C19H27N3O2/c1-15-20-6-9-22(15)14-16-4-7-21(8-5-16)13-17-10-18(23-2)12-19(11-17)24-3/h6,9-12,16H,4-5,7-8,13-14H2,1-3H3. The van der Waals surface area contributed by atoms with Gasteiger partial charge in [-0.1, -0.05) is 0 Å². The van der Waals surface area contributed by atoms with Crippen LogP contribution in [-0.2, 0) is 13.1 Å². The summed E-state index contributed by atoms with van der Waals surface area (Å²) in [5, 5.41) is 0. The SMILES string of the molecule is COc1cc(CN2CCC(Cn3ccnc3C)CC2)cc(OC)c1. The average Bonchev–Trinajstić information content (AvgIpc) is 3.01. The van der Waals surface area contributed by atoms with Crippen LogP contribution in [0.5, 0.6) is 11.5 Å². The summed E-state index contributed by atoms with van der Waals surface area (Å²) in [7, 11) is 3.39. The molecule has 0 unspecified atom stereocenters. The Morgan fingerprint density at radius 2 is 1.75 bits per heavy atom. The van der Waals surface area contributed by atoms with Crippen molar-refractivity contribution in [2.24, 2.45) is 5.92 Å². The van der Waals surface area contributed by atoms with E-state index >= 15 is 0 Å². The lowest BCUT2D eigenvalue weighted by atomic mass is 9.96. The highest BCUT2D eigenvalue weighted by atomic mass is 16.5. The summed E-state index contributed by atoms with van der Waals surface area (Å²) in [6.45, 7) is 6.39. The largest absolute Gasteiger partial charge is 0.497 e. The first-order chi connectivity index (χ1) is 11.7. The number of ether oxygens (including phenoxy) is 2. The number of rotatable bonds is 6. The van der Waals surface area contributed by atoms with E-state index in [4.69, 9.17) is 9.47 Å². The topological polar surface area (TPSA) is 39.5 Å². The zero-order chi connectivity index (χ0) is 16.9. The monoisotopic (exact) mass is 329 g/mol. The van der Waals surface area contributed by atoms with Gasteiger partial charge in [-0.3, -0.25) is 4.90 Å². The van der Waals surface area contributed by atoms with Crippen molar-refractivity contribution in [3.8, 4) is 11.5 Å². The molecule has 1 saturated heterocycles. The van der Waals surface area contributed by atoms with Crippen LogP contribution < -0.4 is 9.47 Å². The maximum absolute atomic E-state index is 5.37. The van der Waals surface area contributed by atoms with E-state index in [1.54, 1.807) is 14.2 Å². The van der Waals surface area contributed by atoms with Crippen LogP contribution in [-0.4, -0.2) is 41.8 Å². The second kappa shape index (κ2) is 7.71. The molecule has 0 radical (unpaired) electrons. The maximum atomic E-state index is 5.37. The van der Waals surface area contributed by atoms with E-state index < -0.39 is 0 Å². The molecule has 3 rings (SSSR count). The molecule has 24 heavy (non-hydrogen) atoms. The van der Waals surface area contributed by atoms with Gasteiger partial charge in [-0.2, -0.15) is 0 Å². The van der Waals surface area contributed by atoms with E-state index in [0.29, 0.717) is 0 Å². The molecule has 0 N–H and O–H groups in total. The van der Waals surface area contributed by atoms with Crippen LogP contribution in [0.2, 0.25) is 0 Å². The molecule has 0 saturated carbocycles.